The number of rotatable bonds is 5. The van der Waals surface area contributed by atoms with Crippen LogP contribution in [-0.4, -0.2) is 15.8 Å². The van der Waals surface area contributed by atoms with Crippen molar-refractivity contribution in [2.45, 2.75) is 63.8 Å². The zero-order valence-electron chi connectivity index (χ0n) is 20.7. The molecule has 0 saturated heterocycles. The topological polar surface area (TPSA) is 74.8 Å². The van der Waals surface area contributed by atoms with Gasteiger partial charge < -0.3 is 10.3 Å². The van der Waals surface area contributed by atoms with Crippen LogP contribution in [0.5, 0.6) is 0 Å². The van der Waals surface area contributed by atoms with Gasteiger partial charge >= 0.3 is 0 Å². The maximum absolute atomic E-state index is 13.5. The third-order valence-corrected chi connectivity index (χ3v) is 7.86. The van der Waals surface area contributed by atoms with Gasteiger partial charge in [0.1, 0.15) is 5.82 Å². The maximum atomic E-state index is 13.5. The van der Waals surface area contributed by atoms with Gasteiger partial charge in [0.05, 0.1) is 5.56 Å². The number of ketones is 1. The van der Waals surface area contributed by atoms with Gasteiger partial charge in [-0.1, -0.05) is 86.6 Å². The third kappa shape index (κ3) is 4.72. The van der Waals surface area contributed by atoms with E-state index in [1.807, 2.05) is 0 Å². The fourth-order valence-electron chi connectivity index (χ4n) is 5.08. The molecule has 180 valence electrons. The minimum atomic E-state index is -0.414. The lowest BCUT2D eigenvalue weighted by Gasteiger charge is -2.38. The largest absolute Gasteiger partial charge is 0.343 e. The van der Waals surface area contributed by atoms with Crippen LogP contribution in [-0.2, 0) is 17.0 Å². The van der Waals surface area contributed by atoms with Crippen LogP contribution in [0.2, 0.25) is 0 Å². The SMILES string of the molecule is CCc1ccc(C2C3=C(CC(C)(C)CC3=O)Nc3nc(SCc4ccc(C)cc4)[nH]c(=O)c32)cc1. The van der Waals surface area contributed by atoms with Gasteiger partial charge in [0.15, 0.2) is 10.9 Å². The summed E-state index contributed by atoms with van der Waals surface area (Å²) in [5, 5.41) is 3.98. The Balaban J connectivity index is 1.56. The zero-order valence-corrected chi connectivity index (χ0v) is 21.5. The lowest BCUT2D eigenvalue weighted by atomic mass is 9.69. The Morgan fingerprint density at radius 3 is 2.37 bits per heavy atom. The summed E-state index contributed by atoms with van der Waals surface area (Å²) in [6.07, 6.45) is 2.16. The molecule has 0 bridgehead atoms. The van der Waals surface area contributed by atoms with Crippen molar-refractivity contribution in [3.8, 4) is 0 Å². The number of anilines is 1. The predicted octanol–water partition coefficient (Wildman–Crippen LogP) is 6.13. The molecule has 0 spiro atoms. The second-order valence-electron chi connectivity index (χ2n) is 10.4. The number of fused-ring (bicyclic) bond motifs is 1. The van der Waals surface area contributed by atoms with E-state index < -0.39 is 5.92 Å². The molecule has 1 unspecified atom stereocenters. The molecule has 2 heterocycles. The number of aryl methyl sites for hydroxylation is 2. The molecule has 35 heavy (non-hydrogen) atoms. The molecule has 2 aromatic carbocycles. The summed E-state index contributed by atoms with van der Waals surface area (Å²) in [4.78, 5) is 34.7. The van der Waals surface area contributed by atoms with Gasteiger partial charge in [-0.25, -0.2) is 4.98 Å². The van der Waals surface area contributed by atoms with E-state index in [1.165, 1.54) is 28.5 Å². The molecule has 0 saturated carbocycles. The number of hydrogen-bond donors (Lipinski definition) is 2. The van der Waals surface area contributed by atoms with Gasteiger partial charge in [-0.2, -0.15) is 0 Å². The fourth-order valence-corrected chi connectivity index (χ4v) is 5.89. The summed E-state index contributed by atoms with van der Waals surface area (Å²) in [5.41, 5.74) is 6.39. The normalized spacial score (nSPS) is 18.6. The Morgan fingerprint density at radius 1 is 1.00 bits per heavy atom. The Hall–Kier alpha value is -3.12. The van der Waals surface area contributed by atoms with E-state index in [0.717, 1.165) is 24.1 Å². The number of carbonyl (C=O) groups excluding carboxylic acids is 1. The standard InChI is InChI=1S/C29H31N3O2S/c1-5-18-10-12-20(13-11-18)23-24-21(14-29(3,4)15-22(24)33)30-26-25(23)27(34)32-28(31-26)35-16-19-8-6-17(2)7-9-19/h6-13,23H,5,14-16H2,1-4H3,(H2,30,31,32,34). The van der Waals surface area contributed by atoms with Crippen molar-refractivity contribution in [2.75, 3.05) is 5.32 Å². The molecular weight excluding hydrogens is 454 g/mol. The number of H-pyrrole nitrogens is 1. The predicted molar refractivity (Wildman–Crippen MR) is 142 cm³/mol. The zero-order chi connectivity index (χ0) is 24.7. The van der Waals surface area contributed by atoms with Crippen LogP contribution < -0.4 is 10.9 Å². The van der Waals surface area contributed by atoms with Crippen molar-refractivity contribution in [3.63, 3.8) is 0 Å². The summed E-state index contributed by atoms with van der Waals surface area (Å²) in [6.45, 7) is 8.42. The highest BCUT2D eigenvalue weighted by Gasteiger charge is 2.42. The third-order valence-electron chi connectivity index (χ3n) is 6.92. The molecule has 5 nitrogen and oxygen atoms in total. The second kappa shape index (κ2) is 9.15. The summed E-state index contributed by atoms with van der Waals surface area (Å²) in [6, 6.07) is 16.6. The lowest BCUT2D eigenvalue weighted by Crippen LogP contribution is -2.37. The number of Topliss-reactive ketones (excluding diaryl/α,β-unsaturated/α-hetero) is 1. The number of aromatic nitrogens is 2. The number of aromatic amines is 1. The monoisotopic (exact) mass is 485 g/mol. The molecule has 1 atom stereocenters. The van der Waals surface area contributed by atoms with Crippen LogP contribution in [0.25, 0.3) is 0 Å². The van der Waals surface area contributed by atoms with Crippen LogP contribution >= 0.6 is 11.8 Å². The number of nitrogens with zero attached hydrogens (tertiary/aromatic N) is 1. The molecule has 0 amide bonds. The van der Waals surface area contributed by atoms with E-state index in [-0.39, 0.29) is 16.8 Å². The first kappa shape index (κ1) is 23.6. The molecule has 0 fully saturated rings. The average Bonchev–Trinajstić information content (AvgIpc) is 2.81. The van der Waals surface area contributed by atoms with E-state index >= 15 is 0 Å². The van der Waals surface area contributed by atoms with Gasteiger partial charge in [-0.05, 0) is 41.9 Å². The van der Waals surface area contributed by atoms with E-state index in [0.29, 0.717) is 34.3 Å². The first-order valence-electron chi connectivity index (χ1n) is 12.2. The fraction of sp³-hybridized carbons (Fsp3) is 0.345. The van der Waals surface area contributed by atoms with Crippen LogP contribution in [0.15, 0.2) is 69.8 Å². The van der Waals surface area contributed by atoms with Crippen molar-refractivity contribution in [1.82, 2.24) is 9.97 Å². The van der Waals surface area contributed by atoms with Gasteiger partial charge in [0.2, 0.25) is 0 Å². The van der Waals surface area contributed by atoms with Crippen LogP contribution in [0.4, 0.5) is 5.82 Å². The van der Waals surface area contributed by atoms with Crippen molar-refractivity contribution >= 4 is 23.4 Å². The van der Waals surface area contributed by atoms with E-state index in [9.17, 15) is 9.59 Å². The number of allylic oxidation sites excluding steroid dienone is 2. The molecule has 6 heteroatoms. The van der Waals surface area contributed by atoms with Crippen molar-refractivity contribution < 1.29 is 4.79 Å². The van der Waals surface area contributed by atoms with Gasteiger partial charge in [-0.3, -0.25) is 9.59 Å². The summed E-state index contributed by atoms with van der Waals surface area (Å²) in [7, 11) is 0. The first-order chi connectivity index (χ1) is 16.7. The van der Waals surface area contributed by atoms with Crippen molar-refractivity contribution in [1.29, 1.82) is 0 Å². The molecule has 3 aromatic rings. The average molecular weight is 486 g/mol. The van der Waals surface area contributed by atoms with Crippen molar-refractivity contribution in [2.24, 2.45) is 5.41 Å². The Morgan fingerprint density at radius 2 is 1.69 bits per heavy atom. The Labute approximate surface area is 210 Å². The molecular formula is C29H31N3O2S. The van der Waals surface area contributed by atoms with E-state index in [4.69, 9.17) is 4.98 Å². The minimum Gasteiger partial charge on any atom is -0.343 e. The van der Waals surface area contributed by atoms with Crippen LogP contribution in [0, 0.1) is 12.3 Å². The Bertz CT molecular complexity index is 1370. The molecule has 1 aliphatic carbocycles. The quantitative estimate of drug-likeness (QED) is 0.336. The van der Waals surface area contributed by atoms with Crippen molar-refractivity contribution in [3.05, 3.63) is 98.0 Å². The maximum Gasteiger partial charge on any atom is 0.257 e. The van der Waals surface area contributed by atoms with Gasteiger partial charge in [0.25, 0.3) is 5.56 Å². The highest BCUT2D eigenvalue weighted by atomic mass is 32.2. The number of hydrogen-bond acceptors (Lipinski definition) is 5. The van der Waals surface area contributed by atoms with E-state index in [2.05, 4.69) is 86.5 Å². The molecule has 0 radical (unpaired) electrons. The first-order valence-corrected chi connectivity index (χ1v) is 13.2. The highest BCUT2D eigenvalue weighted by Crippen LogP contribution is 2.47. The van der Waals surface area contributed by atoms with Gasteiger partial charge in [0, 0.05) is 29.4 Å². The number of benzene rings is 2. The number of carbonyl (C=O) groups is 1. The summed E-state index contributed by atoms with van der Waals surface area (Å²) >= 11 is 1.51. The molecule has 1 aromatic heterocycles. The number of thioether (sulfide) groups is 1. The van der Waals surface area contributed by atoms with E-state index in [1.54, 1.807) is 0 Å². The molecule has 2 aliphatic rings. The molecule has 5 rings (SSSR count). The van der Waals surface area contributed by atoms with Crippen LogP contribution in [0.3, 0.4) is 0 Å². The Kier molecular flexibility index (Phi) is 6.18. The minimum absolute atomic E-state index is 0.108. The smallest absolute Gasteiger partial charge is 0.257 e. The summed E-state index contributed by atoms with van der Waals surface area (Å²) in [5.74, 6) is 0.969. The van der Waals surface area contributed by atoms with Crippen LogP contribution in [0.1, 0.15) is 67.3 Å². The molecule has 1 aliphatic heterocycles. The highest BCUT2D eigenvalue weighted by molar-refractivity contribution is 7.98. The second-order valence-corrected chi connectivity index (χ2v) is 11.4. The number of nitrogens with one attached hydrogen (secondary N) is 2. The lowest BCUT2D eigenvalue weighted by molar-refractivity contribution is -0.118. The van der Waals surface area contributed by atoms with Gasteiger partial charge in [-0.15, -0.1) is 0 Å². The summed E-state index contributed by atoms with van der Waals surface area (Å²) < 4.78 is 0. The molecule has 2 N–H and O–H groups in total.